The molecule has 0 bridgehead atoms. The van der Waals surface area contributed by atoms with Crippen molar-refractivity contribution in [3.05, 3.63) is 41.6 Å². The van der Waals surface area contributed by atoms with Crippen LogP contribution in [0.3, 0.4) is 0 Å². The molecule has 0 spiro atoms. The van der Waals surface area contributed by atoms with Gasteiger partial charge in [0, 0.05) is 18.1 Å². The summed E-state index contributed by atoms with van der Waals surface area (Å²) < 4.78 is 32.1. The fourth-order valence-corrected chi connectivity index (χ4v) is 2.64. The standard InChI is InChI=1S/C15H11F2N3O3/c16-8-3-10-11(4-9(8)17)20(5-12(21)19-10)15(22)14-13(7-1-2-7)18-6-23-14/h3-4,6-7H,1-2,5H2,(H,19,21). The number of fused-ring (bicyclic) bond motifs is 1. The van der Waals surface area contributed by atoms with E-state index in [0.29, 0.717) is 5.69 Å². The van der Waals surface area contributed by atoms with Crippen LogP contribution in [-0.2, 0) is 4.79 Å². The van der Waals surface area contributed by atoms with Crippen molar-refractivity contribution < 1.29 is 22.8 Å². The molecule has 8 heteroatoms. The minimum absolute atomic E-state index is 0.0397. The molecule has 2 amide bonds. The van der Waals surface area contributed by atoms with E-state index < -0.39 is 23.4 Å². The second-order valence-electron chi connectivity index (χ2n) is 5.56. The first-order valence-corrected chi connectivity index (χ1v) is 7.08. The molecular formula is C15H11F2N3O3. The molecule has 0 saturated heterocycles. The van der Waals surface area contributed by atoms with E-state index in [2.05, 4.69) is 10.3 Å². The molecule has 1 N–H and O–H groups in total. The average molecular weight is 319 g/mol. The molecule has 4 rings (SSSR count). The van der Waals surface area contributed by atoms with Gasteiger partial charge in [-0.3, -0.25) is 14.5 Å². The number of anilines is 2. The van der Waals surface area contributed by atoms with Crippen LogP contribution in [0, 0.1) is 11.6 Å². The number of benzene rings is 1. The van der Waals surface area contributed by atoms with Gasteiger partial charge in [0.25, 0.3) is 5.91 Å². The third-order valence-corrected chi connectivity index (χ3v) is 3.90. The van der Waals surface area contributed by atoms with Crippen molar-refractivity contribution >= 4 is 23.2 Å². The third-order valence-electron chi connectivity index (χ3n) is 3.90. The Bertz CT molecular complexity index is 829. The molecule has 2 heterocycles. The minimum atomic E-state index is -1.10. The molecular weight excluding hydrogens is 308 g/mol. The second-order valence-corrected chi connectivity index (χ2v) is 5.56. The largest absolute Gasteiger partial charge is 0.438 e. The monoisotopic (exact) mass is 319 g/mol. The van der Waals surface area contributed by atoms with Crippen LogP contribution >= 0.6 is 0 Å². The predicted octanol–water partition coefficient (Wildman–Crippen LogP) is 2.43. The zero-order valence-corrected chi connectivity index (χ0v) is 11.8. The van der Waals surface area contributed by atoms with Crippen LogP contribution in [0.2, 0.25) is 0 Å². The molecule has 2 aromatic rings. The van der Waals surface area contributed by atoms with E-state index in [1.807, 2.05) is 0 Å². The molecule has 0 radical (unpaired) electrons. The molecule has 6 nitrogen and oxygen atoms in total. The molecule has 118 valence electrons. The van der Waals surface area contributed by atoms with Crippen molar-refractivity contribution in [1.82, 2.24) is 4.98 Å². The van der Waals surface area contributed by atoms with E-state index in [4.69, 9.17) is 4.42 Å². The summed E-state index contributed by atoms with van der Waals surface area (Å²) in [6.45, 7) is -0.304. The Morgan fingerprint density at radius 3 is 2.78 bits per heavy atom. The maximum absolute atomic E-state index is 13.5. The van der Waals surface area contributed by atoms with Crippen molar-refractivity contribution in [2.24, 2.45) is 0 Å². The number of hydrogen-bond acceptors (Lipinski definition) is 4. The van der Waals surface area contributed by atoms with Crippen LogP contribution in [0.5, 0.6) is 0 Å². The Morgan fingerprint density at radius 2 is 2.04 bits per heavy atom. The van der Waals surface area contributed by atoms with Gasteiger partial charge in [0.1, 0.15) is 6.54 Å². The lowest BCUT2D eigenvalue weighted by molar-refractivity contribution is -0.115. The fourth-order valence-electron chi connectivity index (χ4n) is 2.64. The lowest BCUT2D eigenvalue weighted by Gasteiger charge is -2.28. The zero-order valence-electron chi connectivity index (χ0n) is 11.8. The predicted molar refractivity (Wildman–Crippen MR) is 75.1 cm³/mol. The van der Waals surface area contributed by atoms with Gasteiger partial charge in [0.2, 0.25) is 11.7 Å². The maximum atomic E-state index is 13.5. The number of hydrogen-bond donors (Lipinski definition) is 1. The van der Waals surface area contributed by atoms with Crippen molar-refractivity contribution in [3.63, 3.8) is 0 Å². The first-order valence-electron chi connectivity index (χ1n) is 7.08. The zero-order chi connectivity index (χ0) is 16.1. The van der Waals surface area contributed by atoms with E-state index in [1.54, 1.807) is 0 Å². The highest BCUT2D eigenvalue weighted by molar-refractivity contribution is 6.14. The Labute approximate surface area is 129 Å². The van der Waals surface area contributed by atoms with Crippen molar-refractivity contribution in [1.29, 1.82) is 0 Å². The first kappa shape index (κ1) is 13.9. The smallest absolute Gasteiger partial charge is 0.296 e. The van der Waals surface area contributed by atoms with Gasteiger partial charge in [-0.2, -0.15) is 0 Å². The molecule has 1 aromatic carbocycles. The molecule has 23 heavy (non-hydrogen) atoms. The number of nitrogens with one attached hydrogen (secondary N) is 1. The highest BCUT2D eigenvalue weighted by Crippen LogP contribution is 2.41. The fraction of sp³-hybridized carbons (Fsp3) is 0.267. The van der Waals surface area contributed by atoms with Crippen LogP contribution in [0.1, 0.15) is 35.0 Å². The van der Waals surface area contributed by atoms with Crippen molar-refractivity contribution in [2.45, 2.75) is 18.8 Å². The number of carbonyl (C=O) groups excluding carboxylic acids is 2. The first-order chi connectivity index (χ1) is 11.0. The quantitative estimate of drug-likeness (QED) is 0.922. The number of amides is 2. The molecule has 0 atom stereocenters. The summed E-state index contributed by atoms with van der Waals surface area (Å²) in [5.74, 6) is -3.07. The number of nitrogens with zero attached hydrogens (tertiary/aromatic N) is 2. The number of aromatic nitrogens is 1. The van der Waals surface area contributed by atoms with E-state index in [1.165, 1.54) is 6.39 Å². The molecule has 1 saturated carbocycles. The number of halogens is 2. The van der Waals surface area contributed by atoms with Crippen LogP contribution in [0.25, 0.3) is 0 Å². The van der Waals surface area contributed by atoms with Gasteiger partial charge in [-0.1, -0.05) is 0 Å². The lowest BCUT2D eigenvalue weighted by atomic mass is 10.1. The highest BCUT2D eigenvalue weighted by Gasteiger charge is 2.36. The Hall–Kier alpha value is -2.77. The summed E-state index contributed by atoms with van der Waals surface area (Å²) in [6.07, 6.45) is 3.02. The van der Waals surface area contributed by atoms with Crippen LogP contribution in [0.15, 0.2) is 22.9 Å². The van der Waals surface area contributed by atoms with Gasteiger partial charge in [0.05, 0.1) is 17.1 Å². The minimum Gasteiger partial charge on any atom is -0.438 e. The Kier molecular flexibility index (Phi) is 2.93. The van der Waals surface area contributed by atoms with Gasteiger partial charge < -0.3 is 9.73 Å². The SMILES string of the molecule is O=C1CN(C(=O)c2ocnc2C2CC2)c2cc(F)c(F)cc2N1. The van der Waals surface area contributed by atoms with Gasteiger partial charge in [-0.05, 0) is 12.8 Å². The summed E-state index contributed by atoms with van der Waals surface area (Å²) in [6, 6.07) is 1.74. The molecule has 1 fully saturated rings. The van der Waals surface area contributed by atoms with E-state index in [0.717, 1.165) is 29.9 Å². The van der Waals surface area contributed by atoms with Crippen molar-refractivity contribution in [2.75, 3.05) is 16.8 Å². The van der Waals surface area contributed by atoms with Crippen LogP contribution in [-0.4, -0.2) is 23.3 Å². The van der Waals surface area contributed by atoms with E-state index in [9.17, 15) is 18.4 Å². The summed E-state index contributed by atoms with van der Waals surface area (Å²) in [4.78, 5) is 29.6. The Morgan fingerprint density at radius 1 is 1.30 bits per heavy atom. The summed E-state index contributed by atoms with van der Waals surface area (Å²) >= 11 is 0. The van der Waals surface area contributed by atoms with Crippen molar-refractivity contribution in [3.8, 4) is 0 Å². The average Bonchev–Trinajstić information content (AvgIpc) is 3.24. The number of rotatable bonds is 2. The van der Waals surface area contributed by atoms with Gasteiger partial charge in [-0.15, -0.1) is 0 Å². The topological polar surface area (TPSA) is 75.4 Å². The molecule has 2 aliphatic rings. The molecule has 0 unspecified atom stereocenters. The molecule has 1 aromatic heterocycles. The molecule has 1 aliphatic heterocycles. The van der Waals surface area contributed by atoms with E-state index >= 15 is 0 Å². The van der Waals surface area contributed by atoms with Crippen LogP contribution < -0.4 is 10.2 Å². The summed E-state index contributed by atoms with van der Waals surface area (Å²) in [5, 5.41) is 2.42. The molecule has 1 aliphatic carbocycles. The van der Waals surface area contributed by atoms with Gasteiger partial charge >= 0.3 is 0 Å². The summed E-state index contributed by atoms with van der Waals surface area (Å²) in [5.41, 5.74) is 0.678. The maximum Gasteiger partial charge on any atom is 0.296 e. The van der Waals surface area contributed by atoms with Gasteiger partial charge in [0.15, 0.2) is 18.0 Å². The highest BCUT2D eigenvalue weighted by atomic mass is 19.2. The third kappa shape index (κ3) is 2.26. The number of carbonyl (C=O) groups is 2. The van der Waals surface area contributed by atoms with Gasteiger partial charge in [-0.25, -0.2) is 13.8 Å². The van der Waals surface area contributed by atoms with Crippen LogP contribution in [0.4, 0.5) is 20.2 Å². The van der Waals surface area contributed by atoms with E-state index in [-0.39, 0.29) is 29.6 Å². The lowest BCUT2D eigenvalue weighted by Crippen LogP contribution is -2.42. The number of oxazole rings is 1. The summed E-state index contributed by atoms with van der Waals surface area (Å²) in [7, 11) is 0. The normalized spacial score (nSPS) is 17.0. The second kappa shape index (κ2) is 4.87. The Balaban J connectivity index is 1.77.